The van der Waals surface area contributed by atoms with E-state index in [9.17, 15) is 9.59 Å². The average molecular weight is 222 g/mol. The fourth-order valence-electron chi connectivity index (χ4n) is 1.12. The minimum atomic E-state index is -0.851. The number of aliphatic hydroxyl groups excluding tert-OH is 1. The smallest absolute Gasteiger partial charge is 0.315 e. The Bertz CT molecular complexity index is 340. The second-order valence-electron chi connectivity index (χ2n) is 3.24. The minimum absolute atomic E-state index is 0.379. The molecule has 1 rings (SSSR count). The Labute approximate surface area is 93.5 Å². The lowest BCUT2D eigenvalue weighted by atomic mass is 10.2. The monoisotopic (exact) mass is 222 g/mol. The lowest BCUT2D eigenvalue weighted by Crippen LogP contribution is -2.44. The molecule has 0 bridgehead atoms. The highest BCUT2D eigenvalue weighted by Crippen LogP contribution is 1.96. The van der Waals surface area contributed by atoms with Crippen molar-refractivity contribution in [2.45, 2.75) is 12.6 Å². The number of nitrogens with one attached hydrogen (secondary N) is 2. The molecule has 0 fully saturated rings. The van der Waals surface area contributed by atoms with Gasteiger partial charge in [0.15, 0.2) is 0 Å². The number of carbonyl (C=O) groups excluding carboxylic acids is 2. The first-order chi connectivity index (χ1) is 7.76. The predicted octanol–water partition coefficient (Wildman–Crippen LogP) is 0.0456. The Balaban J connectivity index is 2.33. The van der Waals surface area contributed by atoms with Crippen molar-refractivity contribution >= 4 is 12.3 Å². The largest absolute Gasteiger partial charge is 0.394 e. The van der Waals surface area contributed by atoms with Gasteiger partial charge in [0.05, 0.1) is 6.61 Å². The Morgan fingerprint density at radius 1 is 1.38 bits per heavy atom. The van der Waals surface area contributed by atoms with Crippen LogP contribution in [0.5, 0.6) is 0 Å². The van der Waals surface area contributed by atoms with Crippen LogP contribution in [0.15, 0.2) is 30.3 Å². The quantitative estimate of drug-likeness (QED) is 0.616. The van der Waals surface area contributed by atoms with Crippen molar-refractivity contribution < 1.29 is 14.7 Å². The van der Waals surface area contributed by atoms with Crippen LogP contribution in [0.1, 0.15) is 5.56 Å². The van der Waals surface area contributed by atoms with E-state index in [0.717, 1.165) is 5.56 Å². The summed E-state index contributed by atoms with van der Waals surface area (Å²) in [5.41, 5.74) is 0.962. The molecule has 1 atom stereocenters. The molecule has 1 aromatic rings. The van der Waals surface area contributed by atoms with Crippen molar-refractivity contribution in [3.63, 3.8) is 0 Å². The average Bonchev–Trinajstić information content (AvgIpc) is 2.34. The summed E-state index contributed by atoms with van der Waals surface area (Å²) < 4.78 is 0. The number of aldehydes is 1. The minimum Gasteiger partial charge on any atom is -0.394 e. The molecule has 0 spiro atoms. The van der Waals surface area contributed by atoms with Crippen LogP contribution >= 0.6 is 0 Å². The maximum absolute atomic E-state index is 11.3. The molecule has 5 heteroatoms. The van der Waals surface area contributed by atoms with Crippen molar-refractivity contribution in [3.8, 4) is 0 Å². The number of urea groups is 1. The van der Waals surface area contributed by atoms with E-state index in [-0.39, 0.29) is 0 Å². The summed E-state index contributed by atoms with van der Waals surface area (Å²) in [6.45, 7) is -0.0219. The summed E-state index contributed by atoms with van der Waals surface area (Å²) in [5, 5.41) is 13.6. The SMILES string of the molecule is O=C[C@H](CO)NC(=O)NCc1ccccc1. The van der Waals surface area contributed by atoms with Gasteiger partial charge in [-0.3, -0.25) is 0 Å². The maximum atomic E-state index is 11.3. The lowest BCUT2D eigenvalue weighted by Gasteiger charge is -2.10. The molecule has 3 N–H and O–H groups in total. The van der Waals surface area contributed by atoms with Crippen LogP contribution in [-0.2, 0) is 11.3 Å². The van der Waals surface area contributed by atoms with Crippen LogP contribution < -0.4 is 10.6 Å². The van der Waals surface area contributed by atoms with Gasteiger partial charge in [-0.05, 0) is 5.56 Å². The second kappa shape index (κ2) is 6.58. The third kappa shape index (κ3) is 4.10. The molecule has 0 saturated heterocycles. The first-order valence-electron chi connectivity index (χ1n) is 4.90. The van der Waals surface area contributed by atoms with Gasteiger partial charge in [-0.1, -0.05) is 30.3 Å². The maximum Gasteiger partial charge on any atom is 0.315 e. The van der Waals surface area contributed by atoms with Crippen LogP contribution in [-0.4, -0.2) is 30.1 Å². The summed E-state index contributed by atoms with van der Waals surface area (Å²) in [6.07, 6.45) is 0.488. The Hall–Kier alpha value is -1.88. The molecule has 0 radical (unpaired) electrons. The molecule has 5 nitrogen and oxygen atoms in total. The first-order valence-corrected chi connectivity index (χ1v) is 4.90. The number of rotatable bonds is 5. The van der Waals surface area contributed by atoms with Gasteiger partial charge in [0, 0.05) is 6.54 Å². The summed E-state index contributed by atoms with van der Waals surface area (Å²) in [4.78, 5) is 21.6. The van der Waals surface area contributed by atoms with Crippen LogP contribution in [0.25, 0.3) is 0 Å². The second-order valence-corrected chi connectivity index (χ2v) is 3.24. The summed E-state index contributed by atoms with van der Waals surface area (Å²) >= 11 is 0. The molecule has 0 unspecified atom stereocenters. The van der Waals surface area contributed by atoms with Gasteiger partial charge in [0.1, 0.15) is 12.3 Å². The van der Waals surface area contributed by atoms with E-state index in [4.69, 9.17) is 5.11 Å². The molecule has 0 aliphatic heterocycles. The van der Waals surface area contributed by atoms with E-state index >= 15 is 0 Å². The van der Waals surface area contributed by atoms with E-state index in [1.165, 1.54) is 0 Å². The molecule has 16 heavy (non-hydrogen) atoms. The van der Waals surface area contributed by atoms with Crippen LogP contribution in [0.3, 0.4) is 0 Å². The highest BCUT2D eigenvalue weighted by Gasteiger charge is 2.08. The fraction of sp³-hybridized carbons (Fsp3) is 0.273. The molecular formula is C11H14N2O3. The zero-order chi connectivity index (χ0) is 11.8. The number of carbonyl (C=O) groups is 2. The standard InChI is InChI=1S/C11H14N2O3/c14-7-10(8-15)13-11(16)12-6-9-4-2-1-3-5-9/h1-5,7,10,15H,6,8H2,(H2,12,13,16)/t10-/m1/s1. The van der Waals surface area contributed by atoms with Crippen LogP contribution in [0, 0.1) is 0 Å². The number of hydrogen-bond acceptors (Lipinski definition) is 3. The first kappa shape index (κ1) is 12.2. The van der Waals surface area contributed by atoms with Gasteiger partial charge in [-0.2, -0.15) is 0 Å². The van der Waals surface area contributed by atoms with E-state index in [1.807, 2.05) is 30.3 Å². The zero-order valence-corrected chi connectivity index (χ0v) is 8.72. The summed E-state index contributed by atoms with van der Waals surface area (Å²) in [5.74, 6) is 0. The van der Waals surface area contributed by atoms with Gasteiger partial charge in [-0.25, -0.2) is 4.79 Å². The van der Waals surface area contributed by atoms with E-state index in [2.05, 4.69) is 10.6 Å². The van der Waals surface area contributed by atoms with Gasteiger partial charge in [0.25, 0.3) is 0 Å². The van der Waals surface area contributed by atoms with Gasteiger partial charge < -0.3 is 20.5 Å². The zero-order valence-electron chi connectivity index (χ0n) is 8.72. The number of hydrogen-bond donors (Lipinski definition) is 3. The molecular weight excluding hydrogens is 208 g/mol. The van der Waals surface area contributed by atoms with Crippen molar-refractivity contribution in [2.75, 3.05) is 6.61 Å². The van der Waals surface area contributed by atoms with Crippen LogP contribution in [0.4, 0.5) is 4.79 Å². The topological polar surface area (TPSA) is 78.4 Å². The lowest BCUT2D eigenvalue weighted by molar-refractivity contribution is -0.110. The van der Waals surface area contributed by atoms with Crippen molar-refractivity contribution in [1.82, 2.24) is 10.6 Å². The molecule has 86 valence electrons. The molecule has 0 aliphatic carbocycles. The van der Waals surface area contributed by atoms with Crippen LogP contribution in [0.2, 0.25) is 0 Å². The highest BCUT2D eigenvalue weighted by molar-refractivity contribution is 5.77. The van der Waals surface area contributed by atoms with Gasteiger partial charge in [0.2, 0.25) is 0 Å². The summed E-state index contributed by atoms with van der Waals surface area (Å²) in [7, 11) is 0. The molecule has 1 aromatic carbocycles. The van der Waals surface area contributed by atoms with E-state index < -0.39 is 18.7 Å². The highest BCUT2D eigenvalue weighted by atomic mass is 16.3. The summed E-state index contributed by atoms with van der Waals surface area (Å²) in [6, 6.07) is 8.06. The normalized spacial score (nSPS) is 11.6. The number of benzene rings is 1. The van der Waals surface area contributed by atoms with Crippen molar-refractivity contribution in [3.05, 3.63) is 35.9 Å². The van der Waals surface area contributed by atoms with E-state index in [0.29, 0.717) is 12.8 Å². The number of amides is 2. The predicted molar refractivity (Wildman–Crippen MR) is 58.8 cm³/mol. The van der Waals surface area contributed by atoms with Gasteiger partial charge >= 0.3 is 6.03 Å². The van der Waals surface area contributed by atoms with Crippen molar-refractivity contribution in [1.29, 1.82) is 0 Å². The van der Waals surface area contributed by atoms with Crippen molar-refractivity contribution in [2.24, 2.45) is 0 Å². The Kier molecular flexibility index (Phi) is 5.01. The molecule has 0 aromatic heterocycles. The Morgan fingerprint density at radius 3 is 2.62 bits per heavy atom. The fourth-order valence-corrected chi connectivity index (χ4v) is 1.12. The Morgan fingerprint density at radius 2 is 2.06 bits per heavy atom. The molecule has 0 saturated carbocycles. The molecule has 0 aliphatic rings. The third-order valence-corrected chi connectivity index (χ3v) is 1.97. The van der Waals surface area contributed by atoms with E-state index in [1.54, 1.807) is 0 Å². The molecule has 0 heterocycles. The number of aliphatic hydroxyl groups is 1. The third-order valence-electron chi connectivity index (χ3n) is 1.97. The molecule has 2 amide bonds. The van der Waals surface area contributed by atoms with Gasteiger partial charge in [-0.15, -0.1) is 0 Å².